The second-order valence-electron chi connectivity index (χ2n) is 7.63. The zero-order valence-electron chi connectivity index (χ0n) is 18.8. The van der Waals surface area contributed by atoms with E-state index in [4.69, 9.17) is 0 Å². The molecule has 0 radical (unpaired) electrons. The smallest absolute Gasteiger partial charge is 0.748 e. The summed E-state index contributed by atoms with van der Waals surface area (Å²) >= 11 is 0.484. The largest absolute Gasteiger partial charge is 1.00 e. The Labute approximate surface area is 281 Å². The first-order chi connectivity index (χ1) is 14.3. The fourth-order valence-corrected chi connectivity index (χ4v) is 5.52. The molecule has 1 heterocycles. The van der Waals surface area contributed by atoms with Crippen LogP contribution in [-0.4, -0.2) is 48.5 Å². The van der Waals surface area contributed by atoms with Crippen molar-refractivity contribution in [2.75, 3.05) is 12.3 Å². The number of rotatable bonds is 8. The Morgan fingerprint density at radius 1 is 1.06 bits per heavy atom. The summed E-state index contributed by atoms with van der Waals surface area (Å²) in [6.45, 7) is 5.94. The molecule has 0 saturated heterocycles. The quantitative estimate of drug-likeness (QED) is 0.0758. The van der Waals surface area contributed by atoms with E-state index in [1.807, 2.05) is 25.3 Å². The molecule has 10 nitrogen and oxygen atoms in total. The van der Waals surface area contributed by atoms with Crippen molar-refractivity contribution in [2.45, 2.75) is 42.4 Å². The van der Waals surface area contributed by atoms with E-state index >= 15 is 0 Å². The van der Waals surface area contributed by atoms with E-state index in [1.54, 1.807) is 12.1 Å². The number of nitrogens with zero attached hydrogens (tertiary/aromatic N) is 1. The SMILES string of the molecule is CC1=[N+](CCCS(=O)(=O)[O-])c2ccc3c(SOO[O-])cc(S(=O)(=O)[O-])cc3c2C1(C)C.[K+].[K+]. The van der Waals surface area contributed by atoms with Gasteiger partial charge in [-0.2, -0.15) is 8.91 Å². The Balaban J connectivity index is 0.00000272. The maximum atomic E-state index is 11.7. The average Bonchev–Trinajstić information content (AvgIpc) is 2.84. The van der Waals surface area contributed by atoms with Gasteiger partial charge < -0.3 is 14.4 Å². The molecule has 2 aromatic carbocycles. The van der Waals surface area contributed by atoms with Crippen LogP contribution in [0.3, 0.4) is 0 Å². The molecule has 0 amide bonds. The molecule has 1 aliphatic heterocycles. The monoisotopic (exact) mass is 567 g/mol. The standard InChI is InChI=1S/C18H21NO9S3.2K/c1-11-18(2,3)17-14-9-12(31(24,25)26)10-16(29-28-27-20)13(14)5-6-15(17)19(11)7-4-8-30(21,22)23;;/h5-6,9-10H,4,7-8H2,1-3H3,(H2-,20,21,22,23,24,25,26);;/q;2*+1/p-2. The van der Waals surface area contributed by atoms with Gasteiger partial charge in [0.15, 0.2) is 5.71 Å². The molecule has 3 rings (SSSR count). The van der Waals surface area contributed by atoms with Crippen LogP contribution in [0.2, 0.25) is 0 Å². The number of hydrogen-bond acceptors (Lipinski definition) is 10. The van der Waals surface area contributed by atoms with Crippen molar-refractivity contribution < 1.29 is 148 Å². The normalized spacial score (nSPS) is 15.2. The van der Waals surface area contributed by atoms with Gasteiger partial charge >= 0.3 is 103 Å². The van der Waals surface area contributed by atoms with Gasteiger partial charge in [-0.15, -0.1) is 0 Å². The van der Waals surface area contributed by atoms with Crippen LogP contribution >= 0.6 is 12.0 Å². The van der Waals surface area contributed by atoms with E-state index in [2.05, 4.69) is 9.37 Å². The first kappa shape index (κ1) is 32.7. The van der Waals surface area contributed by atoms with Gasteiger partial charge in [0.1, 0.15) is 16.7 Å². The molecule has 0 atom stereocenters. The summed E-state index contributed by atoms with van der Waals surface area (Å²) in [5.74, 6) is -0.508. The first-order valence-electron chi connectivity index (χ1n) is 9.03. The van der Waals surface area contributed by atoms with Crippen molar-refractivity contribution in [3.8, 4) is 0 Å². The maximum Gasteiger partial charge on any atom is 1.00 e. The molecule has 15 heteroatoms. The van der Waals surface area contributed by atoms with Gasteiger partial charge in [0.2, 0.25) is 5.69 Å². The van der Waals surface area contributed by atoms with Crippen LogP contribution in [0.25, 0.3) is 10.8 Å². The molecular formula is C18H19K2NO9S3. The summed E-state index contributed by atoms with van der Waals surface area (Å²) in [6.07, 6.45) is 0.113. The van der Waals surface area contributed by atoms with Crippen LogP contribution in [0.1, 0.15) is 32.8 Å². The summed E-state index contributed by atoms with van der Waals surface area (Å²) in [4.78, 5) is -0.287. The maximum absolute atomic E-state index is 11.7. The molecule has 0 saturated carbocycles. The molecule has 2 aromatic rings. The van der Waals surface area contributed by atoms with E-state index in [1.165, 1.54) is 6.07 Å². The predicted molar refractivity (Wildman–Crippen MR) is 108 cm³/mol. The summed E-state index contributed by atoms with van der Waals surface area (Å²) < 4.78 is 74.3. The third kappa shape index (κ3) is 7.39. The summed E-state index contributed by atoms with van der Waals surface area (Å²) in [5, 5.41) is 14.6. The van der Waals surface area contributed by atoms with E-state index in [0.29, 0.717) is 28.5 Å². The summed E-state index contributed by atoms with van der Waals surface area (Å²) in [6, 6.07) is 5.84. The minimum Gasteiger partial charge on any atom is -0.748 e. The van der Waals surface area contributed by atoms with Gasteiger partial charge in [-0.05, 0) is 42.8 Å². The zero-order chi connectivity index (χ0) is 23.2. The van der Waals surface area contributed by atoms with E-state index in [-0.39, 0.29) is 121 Å². The molecule has 1 aliphatic rings. The van der Waals surface area contributed by atoms with E-state index in [0.717, 1.165) is 17.3 Å². The summed E-state index contributed by atoms with van der Waals surface area (Å²) in [5.41, 5.74) is 1.69. The van der Waals surface area contributed by atoms with Crippen molar-refractivity contribution in [3.63, 3.8) is 0 Å². The Bertz CT molecular complexity index is 1290. The first-order valence-corrected chi connectivity index (χ1v) is 12.8. The Kier molecular flexibility index (Phi) is 12.4. The third-order valence-corrected chi connectivity index (χ3v) is 7.73. The van der Waals surface area contributed by atoms with E-state index in [9.17, 15) is 31.2 Å². The number of hydrogen-bond donors (Lipinski definition) is 0. The molecule has 0 bridgehead atoms. The molecule has 33 heavy (non-hydrogen) atoms. The van der Waals surface area contributed by atoms with Gasteiger partial charge in [-0.25, -0.2) is 16.8 Å². The van der Waals surface area contributed by atoms with Gasteiger partial charge in [-0.3, -0.25) is 5.04 Å². The third-order valence-electron chi connectivity index (χ3n) is 5.49. The Morgan fingerprint density at radius 3 is 2.24 bits per heavy atom. The van der Waals surface area contributed by atoms with Crippen molar-refractivity contribution in [2.24, 2.45) is 0 Å². The second-order valence-corrected chi connectivity index (χ2v) is 11.3. The van der Waals surface area contributed by atoms with Crippen LogP contribution in [0.4, 0.5) is 5.69 Å². The zero-order valence-corrected chi connectivity index (χ0v) is 27.5. The van der Waals surface area contributed by atoms with Crippen molar-refractivity contribution in [1.82, 2.24) is 0 Å². The minimum atomic E-state index is -4.81. The van der Waals surface area contributed by atoms with E-state index < -0.39 is 36.3 Å². The molecule has 0 fully saturated rings. The molecule has 0 unspecified atom stereocenters. The topological polar surface area (TPSA) is 159 Å². The molecule has 0 aliphatic carbocycles. The van der Waals surface area contributed by atoms with Gasteiger partial charge in [0, 0.05) is 35.6 Å². The van der Waals surface area contributed by atoms with Crippen molar-refractivity contribution in [3.05, 3.63) is 29.8 Å². The van der Waals surface area contributed by atoms with Crippen LogP contribution < -0.4 is 108 Å². The average molecular weight is 568 g/mol. The predicted octanol–water partition coefficient (Wildman–Crippen LogP) is -4.69. The fourth-order valence-electron chi connectivity index (χ4n) is 3.90. The van der Waals surface area contributed by atoms with Gasteiger partial charge in [0.05, 0.1) is 32.5 Å². The van der Waals surface area contributed by atoms with Crippen molar-refractivity contribution in [1.29, 1.82) is 0 Å². The van der Waals surface area contributed by atoms with Crippen LogP contribution in [-0.2, 0) is 35.0 Å². The second kappa shape index (κ2) is 12.5. The number of fused-ring (bicyclic) bond motifs is 3. The minimum absolute atomic E-state index is 0. The fraction of sp³-hybridized carbons (Fsp3) is 0.389. The Hall–Kier alpha value is 1.69. The molecule has 170 valence electrons. The van der Waals surface area contributed by atoms with Crippen molar-refractivity contribution >= 4 is 54.5 Å². The molecular weight excluding hydrogens is 549 g/mol. The van der Waals surface area contributed by atoms with Crippen LogP contribution in [0.5, 0.6) is 0 Å². The van der Waals surface area contributed by atoms with Gasteiger partial charge in [-0.1, -0.05) is 0 Å². The molecule has 0 N–H and O–H groups in total. The number of benzene rings is 2. The molecule has 0 aromatic heterocycles. The molecule has 0 spiro atoms. The van der Waals surface area contributed by atoms with Crippen LogP contribution in [0, 0.1) is 0 Å². The Morgan fingerprint density at radius 2 is 1.70 bits per heavy atom. The van der Waals surface area contributed by atoms with Crippen LogP contribution in [0.15, 0.2) is 34.1 Å². The summed E-state index contributed by atoms with van der Waals surface area (Å²) in [7, 11) is -9.17. The van der Waals surface area contributed by atoms with Gasteiger partial charge in [0.25, 0.3) is 0 Å².